The lowest BCUT2D eigenvalue weighted by Gasteiger charge is -2.44. The fourth-order valence-corrected chi connectivity index (χ4v) is 3.71. The van der Waals surface area contributed by atoms with Gasteiger partial charge in [-0.3, -0.25) is 19.2 Å². The normalized spacial score (nSPS) is 24.5. The standard InChI is InChI=1S/C21H25Cl2NO9/c1-10(25)24-18-20(32-13(4)28)19(31-12(3)27)17(9-29-11(2)26)33-21(18)30-8-14-5-6-15(22)7-16(14)23/h5-7,17-21H,8-9H2,1-4H3,(H,24,25)/t17-,18+,19+,20-,21-/m1/s1. The first kappa shape index (κ1) is 26.8. The van der Waals surface area contributed by atoms with Crippen LogP contribution in [0.4, 0.5) is 0 Å². The molecular formula is C21H25Cl2NO9. The Bertz CT molecular complexity index is 894. The van der Waals surface area contributed by atoms with E-state index < -0.39 is 54.5 Å². The van der Waals surface area contributed by atoms with Crippen LogP contribution < -0.4 is 5.32 Å². The molecule has 1 aliphatic rings. The molecule has 1 aliphatic heterocycles. The van der Waals surface area contributed by atoms with Crippen molar-refractivity contribution in [1.29, 1.82) is 0 Å². The van der Waals surface area contributed by atoms with E-state index in [2.05, 4.69) is 5.32 Å². The van der Waals surface area contributed by atoms with E-state index in [0.29, 0.717) is 15.6 Å². The first-order chi connectivity index (χ1) is 15.5. The van der Waals surface area contributed by atoms with Gasteiger partial charge in [0.25, 0.3) is 0 Å². The average Bonchev–Trinajstić information content (AvgIpc) is 2.68. The topological polar surface area (TPSA) is 126 Å². The van der Waals surface area contributed by atoms with Gasteiger partial charge in [0.15, 0.2) is 18.5 Å². The summed E-state index contributed by atoms with van der Waals surface area (Å²) in [5.74, 6) is -2.46. The van der Waals surface area contributed by atoms with Crippen molar-refractivity contribution in [2.75, 3.05) is 6.61 Å². The molecule has 12 heteroatoms. The number of amides is 1. The maximum atomic E-state index is 11.9. The van der Waals surface area contributed by atoms with Crippen LogP contribution in [-0.4, -0.2) is 61.1 Å². The van der Waals surface area contributed by atoms with Gasteiger partial charge in [-0.15, -0.1) is 0 Å². The van der Waals surface area contributed by atoms with Crippen LogP contribution in [0.25, 0.3) is 0 Å². The summed E-state index contributed by atoms with van der Waals surface area (Å²) in [6.45, 7) is 4.40. The Morgan fingerprint density at radius 1 is 0.970 bits per heavy atom. The van der Waals surface area contributed by atoms with Crippen LogP contribution in [0.3, 0.4) is 0 Å². The molecule has 1 N–H and O–H groups in total. The molecule has 1 heterocycles. The first-order valence-electron chi connectivity index (χ1n) is 9.93. The van der Waals surface area contributed by atoms with Gasteiger partial charge >= 0.3 is 17.9 Å². The smallest absolute Gasteiger partial charge is 0.303 e. The maximum absolute atomic E-state index is 11.9. The van der Waals surface area contributed by atoms with Crippen molar-refractivity contribution in [3.05, 3.63) is 33.8 Å². The van der Waals surface area contributed by atoms with Crippen molar-refractivity contribution in [3.8, 4) is 0 Å². The quantitative estimate of drug-likeness (QED) is 0.417. The Morgan fingerprint density at radius 3 is 2.15 bits per heavy atom. The summed E-state index contributed by atoms with van der Waals surface area (Å²) in [7, 11) is 0. The van der Waals surface area contributed by atoms with Gasteiger partial charge in [0, 0.05) is 37.7 Å². The fourth-order valence-electron chi connectivity index (χ4n) is 3.24. The molecular weight excluding hydrogens is 481 g/mol. The summed E-state index contributed by atoms with van der Waals surface area (Å²) in [5.41, 5.74) is 0.578. The molecule has 1 aromatic rings. The molecule has 10 nitrogen and oxygen atoms in total. The van der Waals surface area contributed by atoms with E-state index in [9.17, 15) is 19.2 Å². The van der Waals surface area contributed by atoms with Gasteiger partial charge in [-0.2, -0.15) is 0 Å². The number of halogens is 2. The van der Waals surface area contributed by atoms with Gasteiger partial charge in [-0.1, -0.05) is 29.3 Å². The second-order valence-corrected chi connectivity index (χ2v) is 8.11. The van der Waals surface area contributed by atoms with Crippen LogP contribution in [0.15, 0.2) is 18.2 Å². The molecule has 0 saturated carbocycles. The predicted molar refractivity (Wildman–Crippen MR) is 115 cm³/mol. The van der Waals surface area contributed by atoms with Gasteiger partial charge in [0.05, 0.1) is 6.61 Å². The monoisotopic (exact) mass is 505 g/mol. The van der Waals surface area contributed by atoms with Crippen LogP contribution >= 0.6 is 23.2 Å². The second kappa shape index (κ2) is 12.2. The molecule has 0 aliphatic carbocycles. The summed E-state index contributed by atoms with van der Waals surface area (Å²) in [6, 6.07) is 3.76. The molecule has 33 heavy (non-hydrogen) atoms. The highest BCUT2D eigenvalue weighted by Crippen LogP contribution is 2.29. The number of rotatable bonds is 8. The fraction of sp³-hybridized carbons (Fsp3) is 0.524. The zero-order valence-corrected chi connectivity index (χ0v) is 20.0. The number of ether oxygens (including phenoxy) is 5. The number of benzene rings is 1. The lowest BCUT2D eigenvalue weighted by Crippen LogP contribution is -2.66. The van der Waals surface area contributed by atoms with Gasteiger partial charge in [0.2, 0.25) is 5.91 Å². The van der Waals surface area contributed by atoms with E-state index in [1.807, 2.05) is 0 Å². The third kappa shape index (κ3) is 8.15. The number of nitrogens with one attached hydrogen (secondary N) is 1. The van der Waals surface area contributed by atoms with Crippen LogP contribution in [0.5, 0.6) is 0 Å². The molecule has 0 aromatic heterocycles. The summed E-state index contributed by atoms with van der Waals surface area (Å²) in [4.78, 5) is 46.8. The summed E-state index contributed by atoms with van der Waals surface area (Å²) in [6.07, 6.45) is -4.63. The van der Waals surface area contributed by atoms with Crippen LogP contribution in [0, 0.1) is 0 Å². The van der Waals surface area contributed by atoms with E-state index in [1.165, 1.54) is 19.9 Å². The average molecular weight is 506 g/mol. The zero-order valence-electron chi connectivity index (χ0n) is 18.5. The molecule has 0 bridgehead atoms. The zero-order chi connectivity index (χ0) is 24.7. The first-order valence-corrected chi connectivity index (χ1v) is 10.7. The predicted octanol–water partition coefficient (Wildman–Crippen LogP) is 2.17. The summed E-state index contributed by atoms with van der Waals surface area (Å²) in [5, 5.41) is 3.40. The highest BCUT2D eigenvalue weighted by Gasteiger charge is 2.51. The van der Waals surface area contributed by atoms with Crippen LogP contribution in [0.1, 0.15) is 33.3 Å². The van der Waals surface area contributed by atoms with Crippen LogP contribution in [0.2, 0.25) is 10.0 Å². The Labute approximate surface area is 200 Å². The van der Waals surface area contributed by atoms with Crippen molar-refractivity contribution in [1.82, 2.24) is 5.32 Å². The molecule has 1 aromatic carbocycles. The van der Waals surface area contributed by atoms with Crippen molar-refractivity contribution in [2.24, 2.45) is 0 Å². The van der Waals surface area contributed by atoms with Gasteiger partial charge in [0.1, 0.15) is 18.8 Å². The number of hydrogen-bond donors (Lipinski definition) is 1. The number of esters is 3. The highest BCUT2D eigenvalue weighted by atomic mass is 35.5. The molecule has 1 amide bonds. The number of hydrogen-bond acceptors (Lipinski definition) is 9. The minimum atomic E-state index is -1.20. The van der Waals surface area contributed by atoms with E-state index in [4.69, 9.17) is 46.9 Å². The van der Waals surface area contributed by atoms with E-state index in [-0.39, 0.29) is 13.2 Å². The molecule has 1 fully saturated rings. The molecule has 2 rings (SSSR count). The summed E-state index contributed by atoms with van der Waals surface area (Å²) < 4.78 is 27.5. The Morgan fingerprint density at radius 2 is 1.61 bits per heavy atom. The largest absolute Gasteiger partial charge is 0.463 e. The minimum Gasteiger partial charge on any atom is -0.463 e. The Balaban J connectivity index is 2.38. The Hall–Kier alpha value is -2.40. The SMILES string of the molecule is CC(=O)N[C@@H]1[C@H](OCc2ccc(Cl)cc2Cl)O[C@H](COC(C)=O)[C@H](OC(C)=O)[C@@H]1OC(C)=O. The van der Waals surface area contributed by atoms with E-state index >= 15 is 0 Å². The van der Waals surface area contributed by atoms with E-state index in [1.54, 1.807) is 12.1 Å². The third-order valence-corrected chi connectivity index (χ3v) is 5.08. The van der Waals surface area contributed by atoms with Crippen molar-refractivity contribution in [3.63, 3.8) is 0 Å². The molecule has 1 saturated heterocycles. The van der Waals surface area contributed by atoms with Crippen molar-refractivity contribution in [2.45, 2.75) is 64.9 Å². The molecule has 0 spiro atoms. The lowest BCUT2D eigenvalue weighted by molar-refractivity contribution is -0.280. The number of carbonyl (C=O) groups excluding carboxylic acids is 4. The lowest BCUT2D eigenvalue weighted by atomic mass is 9.96. The molecule has 0 radical (unpaired) electrons. The minimum absolute atomic E-state index is 0.0535. The van der Waals surface area contributed by atoms with E-state index in [0.717, 1.165) is 13.8 Å². The van der Waals surface area contributed by atoms with Gasteiger partial charge in [-0.05, 0) is 17.7 Å². The van der Waals surface area contributed by atoms with Crippen molar-refractivity contribution >= 4 is 47.0 Å². The van der Waals surface area contributed by atoms with Crippen LogP contribution in [-0.2, 0) is 49.5 Å². The molecule has 5 atom stereocenters. The second-order valence-electron chi connectivity index (χ2n) is 7.27. The molecule has 182 valence electrons. The number of carbonyl (C=O) groups is 4. The van der Waals surface area contributed by atoms with Crippen molar-refractivity contribution < 1.29 is 42.9 Å². The molecule has 0 unspecified atom stereocenters. The third-order valence-electron chi connectivity index (χ3n) is 4.49. The van der Waals surface area contributed by atoms with Gasteiger partial charge in [-0.25, -0.2) is 0 Å². The summed E-state index contributed by atoms with van der Waals surface area (Å²) >= 11 is 12.1. The Kier molecular flexibility index (Phi) is 9.90. The maximum Gasteiger partial charge on any atom is 0.303 e. The highest BCUT2D eigenvalue weighted by molar-refractivity contribution is 6.35. The van der Waals surface area contributed by atoms with Gasteiger partial charge < -0.3 is 29.0 Å².